The zero-order valence-corrected chi connectivity index (χ0v) is 17.2. The van der Waals surface area contributed by atoms with Crippen molar-refractivity contribution >= 4 is 29.1 Å². The fourth-order valence-corrected chi connectivity index (χ4v) is 3.20. The summed E-state index contributed by atoms with van der Waals surface area (Å²) in [6, 6.07) is 14.0. The third-order valence-corrected chi connectivity index (χ3v) is 4.61. The maximum Gasteiger partial charge on any atom is 0.287 e. The van der Waals surface area contributed by atoms with E-state index in [1.807, 2.05) is 44.3 Å². The fourth-order valence-electron chi connectivity index (χ4n) is 2.95. The van der Waals surface area contributed by atoms with Crippen LogP contribution in [0.4, 0.5) is 5.69 Å². The molecule has 0 fully saturated rings. The van der Waals surface area contributed by atoms with Crippen LogP contribution in [0.5, 0.6) is 5.75 Å². The first-order valence-corrected chi connectivity index (χ1v) is 9.62. The molecule has 150 valence electrons. The molecular weight excluding hydrogens is 378 g/mol. The molecule has 0 radical (unpaired) electrons. The molecule has 7 heteroatoms. The lowest BCUT2D eigenvalue weighted by molar-refractivity contribution is -0.894. The summed E-state index contributed by atoms with van der Waals surface area (Å²) >= 11 is 6.16. The van der Waals surface area contributed by atoms with Crippen LogP contribution in [0.2, 0.25) is 5.02 Å². The number of likely N-dealkylation sites (N-methyl/N-ethyl adjacent to an activating group) is 1. The number of halogens is 1. The Hall–Kier alpha value is -2.57. The predicted molar refractivity (Wildman–Crippen MR) is 111 cm³/mol. The van der Waals surface area contributed by atoms with Crippen molar-refractivity contribution in [2.24, 2.45) is 0 Å². The van der Waals surface area contributed by atoms with Crippen molar-refractivity contribution in [1.82, 2.24) is 5.32 Å². The van der Waals surface area contributed by atoms with Crippen molar-refractivity contribution in [3.8, 4) is 5.75 Å². The van der Waals surface area contributed by atoms with Crippen LogP contribution < -0.4 is 20.3 Å². The number of rotatable bonds is 9. The van der Waals surface area contributed by atoms with Gasteiger partial charge in [-0.1, -0.05) is 48.9 Å². The summed E-state index contributed by atoms with van der Waals surface area (Å²) in [6.45, 7) is 2.81. The zero-order chi connectivity index (χ0) is 20.5. The summed E-state index contributed by atoms with van der Waals surface area (Å²) in [5, 5.41) is 6.17. The number of ether oxygens (including phenoxy) is 1. The first kappa shape index (κ1) is 21.7. The number of nitrogens with one attached hydrogen (secondary N) is 3. The van der Waals surface area contributed by atoms with Gasteiger partial charge in [0.1, 0.15) is 5.75 Å². The molecule has 2 aromatic rings. The summed E-state index contributed by atoms with van der Waals surface area (Å²) in [5.74, 6) is 0.239. The van der Waals surface area contributed by atoms with Gasteiger partial charge in [0.05, 0.1) is 19.2 Å². The average Bonchev–Trinajstić information content (AvgIpc) is 2.67. The van der Waals surface area contributed by atoms with Crippen molar-refractivity contribution in [2.75, 3.05) is 32.6 Å². The van der Waals surface area contributed by atoms with Gasteiger partial charge >= 0.3 is 0 Å². The highest BCUT2D eigenvalue weighted by Crippen LogP contribution is 2.27. The smallest absolute Gasteiger partial charge is 0.287 e. The van der Waals surface area contributed by atoms with Gasteiger partial charge < -0.3 is 20.3 Å². The van der Waals surface area contributed by atoms with Crippen LogP contribution in [0, 0.1) is 0 Å². The van der Waals surface area contributed by atoms with Crippen molar-refractivity contribution in [3.63, 3.8) is 0 Å². The summed E-state index contributed by atoms with van der Waals surface area (Å²) < 4.78 is 5.14. The number of hydrogen-bond acceptors (Lipinski definition) is 3. The number of carbonyl (C=O) groups is 2. The van der Waals surface area contributed by atoms with Crippen molar-refractivity contribution < 1.29 is 19.2 Å². The van der Waals surface area contributed by atoms with Gasteiger partial charge in [0, 0.05) is 17.8 Å². The van der Waals surface area contributed by atoms with Crippen LogP contribution >= 0.6 is 11.6 Å². The largest absolute Gasteiger partial charge is 0.495 e. The molecule has 28 heavy (non-hydrogen) atoms. The molecule has 2 atom stereocenters. The normalized spacial score (nSPS) is 12.7. The summed E-state index contributed by atoms with van der Waals surface area (Å²) in [5.41, 5.74) is 1.40. The van der Waals surface area contributed by atoms with Gasteiger partial charge in [0.25, 0.3) is 11.8 Å². The van der Waals surface area contributed by atoms with E-state index in [9.17, 15) is 9.59 Å². The third kappa shape index (κ3) is 5.97. The molecule has 3 N–H and O–H groups in total. The van der Waals surface area contributed by atoms with Gasteiger partial charge in [-0.3, -0.25) is 9.59 Å². The number of benzene rings is 2. The minimum Gasteiger partial charge on any atom is -0.495 e. The molecule has 0 aliphatic carbocycles. The van der Waals surface area contributed by atoms with Crippen LogP contribution in [0.15, 0.2) is 48.5 Å². The van der Waals surface area contributed by atoms with Crippen LogP contribution in [0.25, 0.3) is 0 Å². The van der Waals surface area contributed by atoms with E-state index in [2.05, 4.69) is 10.6 Å². The molecule has 0 saturated carbocycles. The maximum atomic E-state index is 13.1. The van der Waals surface area contributed by atoms with Crippen molar-refractivity contribution in [1.29, 1.82) is 0 Å². The molecule has 1 unspecified atom stereocenters. The third-order valence-electron chi connectivity index (χ3n) is 4.32. The Morgan fingerprint density at radius 1 is 1.18 bits per heavy atom. The Bertz CT molecular complexity index is 799. The Labute approximate surface area is 170 Å². The van der Waals surface area contributed by atoms with Gasteiger partial charge in [0.2, 0.25) is 0 Å². The molecule has 2 rings (SSSR count). The van der Waals surface area contributed by atoms with Gasteiger partial charge in [-0.25, -0.2) is 0 Å². The van der Waals surface area contributed by atoms with E-state index in [1.54, 1.807) is 18.2 Å². The zero-order valence-electron chi connectivity index (χ0n) is 16.4. The number of carbonyl (C=O) groups excluding carboxylic acids is 2. The van der Waals surface area contributed by atoms with Gasteiger partial charge in [-0.05, 0) is 24.6 Å². The molecule has 6 nitrogen and oxygen atoms in total. The lowest BCUT2D eigenvalue weighted by Gasteiger charge is -2.24. The summed E-state index contributed by atoms with van der Waals surface area (Å²) in [6.07, 6.45) is 0.867. The van der Waals surface area contributed by atoms with Crippen LogP contribution in [-0.4, -0.2) is 39.1 Å². The van der Waals surface area contributed by atoms with E-state index >= 15 is 0 Å². The minimum absolute atomic E-state index is 0.0828. The molecule has 0 aromatic heterocycles. The molecule has 0 aliphatic rings. The molecule has 0 spiro atoms. The van der Waals surface area contributed by atoms with E-state index in [0.29, 0.717) is 23.0 Å². The second-order valence-corrected chi connectivity index (χ2v) is 6.96. The van der Waals surface area contributed by atoms with E-state index in [4.69, 9.17) is 16.3 Å². The van der Waals surface area contributed by atoms with Gasteiger partial charge in [0.15, 0.2) is 12.6 Å². The summed E-state index contributed by atoms with van der Waals surface area (Å²) in [7, 11) is 3.37. The second-order valence-electron chi connectivity index (χ2n) is 6.56. The van der Waals surface area contributed by atoms with E-state index in [-0.39, 0.29) is 18.4 Å². The molecule has 0 bridgehead atoms. The number of hydrogen-bond donors (Lipinski definition) is 3. The lowest BCUT2D eigenvalue weighted by atomic mass is 10.0. The van der Waals surface area contributed by atoms with E-state index in [1.165, 1.54) is 7.11 Å². The maximum absolute atomic E-state index is 13.1. The van der Waals surface area contributed by atoms with Gasteiger partial charge in [-0.2, -0.15) is 0 Å². The first-order chi connectivity index (χ1) is 13.5. The van der Waals surface area contributed by atoms with Gasteiger partial charge in [-0.15, -0.1) is 0 Å². The highest BCUT2D eigenvalue weighted by molar-refractivity contribution is 6.32. The summed E-state index contributed by atoms with van der Waals surface area (Å²) in [4.78, 5) is 26.0. The average molecular weight is 405 g/mol. The highest BCUT2D eigenvalue weighted by atomic mass is 35.5. The Morgan fingerprint density at radius 3 is 2.50 bits per heavy atom. The standard InChI is InChI=1S/C21H26ClN3O3/c1-4-12-23-19(26)14-25(2)20(15-8-6-5-7-9-15)21(27)24-16-10-11-18(28-3)17(22)13-16/h5-11,13,20H,4,12,14H2,1-3H3,(H,23,26)(H,24,27)/p+1/t20-/m1/s1. The van der Waals surface area contributed by atoms with Crippen molar-refractivity contribution in [3.05, 3.63) is 59.1 Å². The lowest BCUT2D eigenvalue weighted by Crippen LogP contribution is -3.11. The monoisotopic (exact) mass is 404 g/mol. The number of quaternary nitrogens is 1. The second kappa shape index (κ2) is 10.7. The number of methoxy groups -OCH3 is 1. The SMILES string of the molecule is CCCNC(=O)C[NH+](C)[C@@H](C(=O)Nc1ccc(OC)c(Cl)c1)c1ccccc1. The quantitative estimate of drug-likeness (QED) is 0.599. The molecule has 0 saturated heterocycles. The topological polar surface area (TPSA) is 71.9 Å². The number of anilines is 1. The Morgan fingerprint density at radius 2 is 1.89 bits per heavy atom. The number of amides is 2. The van der Waals surface area contributed by atoms with Crippen molar-refractivity contribution in [2.45, 2.75) is 19.4 Å². The fraction of sp³-hybridized carbons (Fsp3) is 0.333. The molecule has 2 amide bonds. The predicted octanol–water partition coefficient (Wildman–Crippen LogP) is 2.07. The Balaban J connectivity index is 2.20. The molecule has 0 heterocycles. The van der Waals surface area contributed by atoms with Crippen LogP contribution in [0.3, 0.4) is 0 Å². The van der Waals surface area contributed by atoms with Crippen LogP contribution in [0.1, 0.15) is 24.9 Å². The highest BCUT2D eigenvalue weighted by Gasteiger charge is 2.30. The van der Waals surface area contributed by atoms with E-state index in [0.717, 1.165) is 16.9 Å². The van der Waals surface area contributed by atoms with Crippen LogP contribution in [-0.2, 0) is 9.59 Å². The molecular formula is C21H27ClN3O3+. The Kier molecular flexibility index (Phi) is 8.29. The molecule has 2 aromatic carbocycles. The first-order valence-electron chi connectivity index (χ1n) is 9.24. The van der Waals surface area contributed by atoms with E-state index < -0.39 is 6.04 Å². The molecule has 0 aliphatic heterocycles. The minimum atomic E-state index is -0.547.